The summed E-state index contributed by atoms with van der Waals surface area (Å²) in [5.74, 6) is 0. The molecule has 5 nitrogen and oxygen atoms in total. The number of hydrogen-bond acceptors (Lipinski definition) is 5. The van der Waals surface area contributed by atoms with Gasteiger partial charge in [0.05, 0.1) is 6.61 Å². The molecule has 4 N–H and O–H groups in total. The van der Waals surface area contributed by atoms with Crippen LogP contribution in [0.15, 0.2) is 0 Å². The van der Waals surface area contributed by atoms with Gasteiger partial charge in [-0.1, -0.05) is 0 Å². The van der Waals surface area contributed by atoms with Gasteiger partial charge >= 0.3 is 0 Å². The van der Waals surface area contributed by atoms with Gasteiger partial charge in [-0.2, -0.15) is 0 Å². The minimum absolute atomic E-state index is 0. The van der Waals surface area contributed by atoms with Crippen molar-refractivity contribution < 1.29 is 25.2 Å². The fourth-order valence-electron chi connectivity index (χ4n) is 0.416. The maximum absolute atomic E-state index is 9.76. The van der Waals surface area contributed by atoms with Crippen LogP contribution in [0.1, 0.15) is 0 Å². The number of aliphatic hydroxyl groups is 4. The maximum Gasteiger partial charge on any atom is 0.151 e. The zero-order valence-electron chi connectivity index (χ0n) is 6.21. The van der Waals surface area contributed by atoms with E-state index in [-0.39, 0.29) is 57.7 Å². The van der Waals surface area contributed by atoms with E-state index < -0.39 is 24.9 Å². The third-order valence-electron chi connectivity index (χ3n) is 1.07. The van der Waals surface area contributed by atoms with Gasteiger partial charge < -0.3 is 25.2 Å². The van der Waals surface area contributed by atoms with E-state index in [4.69, 9.17) is 20.4 Å². The zero-order valence-corrected chi connectivity index (χ0v) is 9.34. The Balaban J connectivity index is 0. The number of carbonyl (C=O) groups excluding carboxylic acids is 1. The molecule has 61 valence electrons. The molecule has 0 saturated carbocycles. The average Bonchev–Trinajstić information content (AvgIpc) is 2.00. The normalized spacial score (nSPS) is 17.8. The Bertz CT molecular complexity index is 109. The van der Waals surface area contributed by atoms with Crippen molar-refractivity contribution in [2.24, 2.45) is 0 Å². The molecule has 11 heavy (non-hydrogen) atoms. The van der Waals surface area contributed by atoms with E-state index in [1.54, 1.807) is 0 Å². The molecule has 0 bridgehead atoms. The van der Waals surface area contributed by atoms with Crippen LogP contribution < -0.4 is 0 Å². The first-order chi connectivity index (χ1) is 4.63. The summed E-state index contributed by atoms with van der Waals surface area (Å²) in [7, 11) is 0. The fourth-order valence-corrected chi connectivity index (χ4v) is 0.416. The Morgan fingerprint density at radius 3 is 2.00 bits per heavy atom. The topological polar surface area (TPSA) is 98.0 Å². The molecule has 0 aliphatic carbocycles. The SMILES string of the molecule is O=C[C@H](O)[C@@H](O)[C@H](O)CO.[K]. The maximum atomic E-state index is 9.76. The van der Waals surface area contributed by atoms with E-state index in [1.165, 1.54) is 0 Å². The molecule has 0 spiro atoms. The van der Waals surface area contributed by atoms with E-state index in [0.29, 0.717) is 0 Å². The van der Waals surface area contributed by atoms with Gasteiger partial charge in [0.2, 0.25) is 0 Å². The van der Waals surface area contributed by atoms with E-state index in [2.05, 4.69) is 0 Å². The molecule has 3 atom stereocenters. The van der Waals surface area contributed by atoms with Crippen LogP contribution in [0.25, 0.3) is 0 Å². The fraction of sp³-hybridized carbons (Fsp3) is 0.800. The third kappa shape index (κ3) is 5.40. The van der Waals surface area contributed by atoms with Crippen LogP contribution in [0.3, 0.4) is 0 Å². The number of carbonyl (C=O) groups is 1. The van der Waals surface area contributed by atoms with Crippen LogP contribution in [0, 0.1) is 0 Å². The van der Waals surface area contributed by atoms with Gasteiger partial charge in [-0.3, -0.25) is 0 Å². The Morgan fingerprint density at radius 1 is 1.27 bits per heavy atom. The molecule has 0 fully saturated rings. The Labute approximate surface area is 106 Å². The van der Waals surface area contributed by atoms with Gasteiger partial charge in [-0.15, -0.1) is 0 Å². The van der Waals surface area contributed by atoms with E-state index in [9.17, 15) is 4.79 Å². The Morgan fingerprint density at radius 2 is 1.73 bits per heavy atom. The summed E-state index contributed by atoms with van der Waals surface area (Å²) in [6.45, 7) is -0.688. The van der Waals surface area contributed by atoms with Crippen LogP contribution in [-0.2, 0) is 4.79 Å². The molecule has 0 saturated heterocycles. The molecule has 0 amide bonds. The second-order valence-corrected chi connectivity index (χ2v) is 1.87. The molecule has 0 aliphatic heterocycles. The number of rotatable bonds is 4. The zero-order chi connectivity index (χ0) is 8.15. The number of aldehydes is 1. The summed E-state index contributed by atoms with van der Waals surface area (Å²) in [4.78, 5) is 9.76. The minimum atomic E-state index is -1.64. The molecule has 0 aromatic carbocycles. The van der Waals surface area contributed by atoms with Crippen LogP contribution in [0.2, 0.25) is 0 Å². The second kappa shape index (κ2) is 7.78. The van der Waals surface area contributed by atoms with Crippen molar-refractivity contribution in [3.63, 3.8) is 0 Å². The summed E-state index contributed by atoms with van der Waals surface area (Å²) in [6, 6.07) is 0. The molecule has 0 unspecified atom stereocenters. The van der Waals surface area contributed by atoms with Crippen LogP contribution >= 0.6 is 0 Å². The second-order valence-electron chi connectivity index (χ2n) is 1.87. The molecule has 0 rings (SSSR count). The standard InChI is InChI=1S/C5H10O5.K/c6-1-3(8)5(10)4(9)2-7;/h1,3-5,7-10H,2H2;/t3-,4+,5+;/m0./s1. The smallest absolute Gasteiger partial charge is 0.151 e. The first-order valence-electron chi connectivity index (χ1n) is 2.73. The van der Waals surface area contributed by atoms with Crippen molar-refractivity contribution >= 4 is 57.7 Å². The van der Waals surface area contributed by atoms with Crippen molar-refractivity contribution in [3.05, 3.63) is 0 Å². The molecule has 0 aliphatic rings. The molecule has 0 aromatic rings. The summed E-state index contributed by atoms with van der Waals surface area (Å²) in [5.41, 5.74) is 0. The van der Waals surface area contributed by atoms with Gasteiger partial charge in [-0.25, -0.2) is 0 Å². The van der Waals surface area contributed by atoms with Gasteiger partial charge in [-0.05, 0) is 0 Å². The van der Waals surface area contributed by atoms with E-state index in [0.717, 1.165) is 0 Å². The van der Waals surface area contributed by atoms with Gasteiger partial charge in [0.25, 0.3) is 0 Å². The van der Waals surface area contributed by atoms with Gasteiger partial charge in [0.15, 0.2) is 6.29 Å². The predicted molar refractivity (Wildman–Crippen MR) is 36.9 cm³/mol. The van der Waals surface area contributed by atoms with Crippen LogP contribution in [-0.4, -0.2) is 103 Å². The number of hydrogen-bond donors (Lipinski definition) is 4. The number of aliphatic hydroxyl groups excluding tert-OH is 4. The molecule has 0 heterocycles. The van der Waals surface area contributed by atoms with E-state index >= 15 is 0 Å². The van der Waals surface area contributed by atoms with Crippen LogP contribution in [0.4, 0.5) is 0 Å². The monoisotopic (exact) mass is 189 g/mol. The first kappa shape index (κ1) is 14.7. The Kier molecular flexibility index (Phi) is 10.4. The van der Waals surface area contributed by atoms with Gasteiger partial charge in [0, 0.05) is 51.4 Å². The summed E-state index contributed by atoms with van der Waals surface area (Å²) in [5, 5.41) is 34.1. The molecular formula is C5H10KO5. The predicted octanol–water partition coefficient (Wildman–Crippen LogP) is -3.12. The molecule has 6 heteroatoms. The molecule has 1 radical (unpaired) electrons. The van der Waals surface area contributed by atoms with Crippen LogP contribution in [0.5, 0.6) is 0 Å². The first-order valence-corrected chi connectivity index (χ1v) is 2.73. The summed E-state index contributed by atoms with van der Waals surface area (Å²) in [6.07, 6.45) is -4.63. The average molecular weight is 189 g/mol. The van der Waals surface area contributed by atoms with Crippen molar-refractivity contribution in [1.82, 2.24) is 0 Å². The third-order valence-corrected chi connectivity index (χ3v) is 1.07. The summed E-state index contributed by atoms with van der Waals surface area (Å²) < 4.78 is 0. The Hall–Kier alpha value is 1.15. The summed E-state index contributed by atoms with van der Waals surface area (Å²) >= 11 is 0. The minimum Gasteiger partial charge on any atom is -0.394 e. The molecule has 0 aromatic heterocycles. The van der Waals surface area contributed by atoms with Crippen molar-refractivity contribution in [1.29, 1.82) is 0 Å². The van der Waals surface area contributed by atoms with Gasteiger partial charge in [0.1, 0.15) is 18.3 Å². The van der Waals surface area contributed by atoms with E-state index in [1.807, 2.05) is 0 Å². The van der Waals surface area contributed by atoms with Crippen molar-refractivity contribution in [3.8, 4) is 0 Å². The van der Waals surface area contributed by atoms with Crippen molar-refractivity contribution in [2.75, 3.05) is 6.61 Å². The molecular weight excluding hydrogens is 179 g/mol. The largest absolute Gasteiger partial charge is 0.394 e. The van der Waals surface area contributed by atoms with Crippen molar-refractivity contribution in [2.45, 2.75) is 18.3 Å². The quantitative estimate of drug-likeness (QED) is 0.277.